The van der Waals surface area contributed by atoms with Crippen molar-refractivity contribution in [3.63, 3.8) is 0 Å². The minimum atomic E-state index is 1.07. The molecule has 0 aliphatic rings. The Morgan fingerprint density at radius 2 is 1.83 bits per heavy atom. The Balaban J connectivity index is 3.32. The van der Waals surface area contributed by atoms with E-state index in [9.17, 15) is 0 Å². The Labute approximate surface area is 74.8 Å². The van der Waals surface area contributed by atoms with E-state index in [1.807, 2.05) is 0 Å². The van der Waals surface area contributed by atoms with E-state index in [0.29, 0.717) is 0 Å². The van der Waals surface area contributed by atoms with Gasteiger partial charge >= 0.3 is 0 Å². The van der Waals surface area contributed by atoms with E-state index in [1.165, 1.54) is 17.2 Å². The second-order valence-electron chi connectivity index (χ2n) is 3.24. The summed E-state index contributed by atoms with van der Waals surface area (Å²) in [6, 6.07) is 0. The molecule has 2 nitrogen and oxygen atoms in total. The van der Waals surface area contributed by atoms with Crippen LogP contribution in [-0.2, 0) is 20.0 Å². The van der Waals surface area contributed by atoms with Crippen LogP contribution >= 0.6 is 0 Å². The third-order valence-electron chi connectivity index (χ3n) is 2.75. The van der Waals surface area contributed by atoms with Gasteiger partial charge in [-0.05, 0) is 6.92 Å². The van der Waals surface area contributed by atoms with Crippen LogP contribution in [0, 0.1) is 13.8 Å². The average Bonchev–Trinajstić information content (AvgIpc) is 2.25. The van der Waals surface area contributed by atoms with E-state index >= 15 is 0 Å². The summed E-state index contributed by atoms with van der Waals surface area (Å²) in [5.41, 5.74) is 2.87. The number of hydrogen-bond donors (Lipinski definition) is 0. The van der Waals surface area contributed by atoms with Gasteiger partial charge in [-0.1, -0.05) is 6.92 Å². The van der Waals surface area contributed by atoms with Crippen LogP contribution in [0.4, 0.5) is 0 Å². The van der Waals surface area contributed by atoms with Crippen molar-refractivity contribution in [2.45, 2.75) is 40.7 Å². The zero-order valence-corrected chi connectivity index (χ0v) is 8.81. The lowest BCUT2D eigenvalue weighted by Gasteiger charge is -1.93. The van der Waals surface area contributed by atoms with Crippen molar-refractivity contribution in [3.8, 4) is 0 Å². The second kappa shape index (κ2) is 3.30. The highest BCUT2D eigenvalue weighted by Gasteiger charge is 2.19. The van der Waals surface area contributed by atoms with Gasteiger partial charge in [0.2, 0.25) is 0 Å². The molecule has 0 aliphatic carbocycles. The van der Waals surface area contributed by atoms with E-state index in [0.717, 1.165) is 13.0 Å². The lowest BCUT2D eigenvalue weighted by atomic mass is 10.3. The van der Waals surface area contributed by atoms with Gasteiger partial charge in [-0.15, -0.1) is 0 Å². The molecule has 0 spiro atoms. The van der Waals surface area contributed by atoms with Gasteiger partial charge in [-0.25, -0.2) is 9.13 Å². The molecule has 1 aromatic heterocycles. The first-order valence-electron chi connectivity index (χ1n) is 4.68. The molecule has 0 bridgehead atoms. The normalized spacial score (nSPS) is 10.8. The topological polar surface area (TPSA) is 8.81 Å². The minimum Gasteiger partial charge on any atom is -0.234 e. The van der Waals surface area contributed by atoms with Gasteiger partial charge in [0.1, 0.15) is 11.4 Å². The largest absolute Gasteiger partial charge is 0.253 e. The molecule has 1 rings (SSSR count). The fraction of sp³-hybridized carbons (Fsp3) is 0.700. The standard InChI is InChI=1S/C10H19N2/c1-6-10-8(3)12(7-2)9(4)11(10)5/h6-7H2,1-5H3/q+1. The second-order valence-corrected chi connectivity index (χ2v) is 3.24. The highest BCUT2D eigenvalue weighted by Crippen LogP contribution is 2.07. The molecule has 0 fully saturated rings. The number of hydrogen-bond acceptors (Lipinski definition) is 0. The van der Waals surface area contributed by atoms with Crippen LogP contribution in [0.3, 0.4) is 0 Å². The summed E-state index contributed by atoms with van der Waals surface area (Å²) in [6.45, 7) is 9.86. The molecule has 0 aromatic carbocycles. The number of imidazole rings is 1. The van der Waals surface area contributed by atoms with Gasteiger partial charge in [0.25, 0.3) is 5.82 Å². The maximum atomic E-state index is 2.36. The van der Waals surface area contributed by atoms with Crippen LogP contribution < -0.4 is 4.57 Å². The SMILES string of the molecule is CCc1c(C)[n+](CC)c(C)n1C. The van der Waals surface area contributed by atoms with Crippen LogP contribution in [0.15, 0.2) is 0 Å². The smallest absolute Gasteiger partial charge is 0.234 e. The molecule has 0 aliphatic heterocycles. The lowest BCUT2D eigenvalue weighted by molar-refractivity contribution is -0.704. The first kappa shape index (κ1) is 9.30. The molecular formula is C10H19N2+. The molecule has 1 aromatic rings. The van der Waals surface area contributed by atoms with E-state index < -0.39 is 0 Å². The van der Waals surface area contributed by atoms with Gasteiger partial charge in [-0.3, -0.25) is 0 Å². The predicted octanol–water partition coefficient (Wildman–Crippen LogP) is 1.51. The highest BCUT2D eigenvalue weighted by atomic mass is 15.2. The molecule has 12 heavy (non-hydrogen) atoms. The molecule has 1 heterocycles. The van der Waals surface area contributed by atoms with Crippen molar-refractivity contribution < 1.29 is 4.57 Å². The van der Waals surface area contributed by atoms with Crippen LogP contribution in [0.2, 0.25) is 0 Å². The van der Waals surface area contributed by atoms with E-state index in [2.05, 4.69) is 43.9 Å². The molecule has 0 atom stereocenters. The van der Waals surface area contributed by atoms with E-state index in [1.54, 1.807) is 0 Å². The summed E-state index contributed by atoms with van der Waals surface area (Å²) < 4.78 is 4.65. The predicted molar refractivity (Wildman–Crippen MR) is 50.1 cm³/mol. The number of rotatable bonds is 2. The zero-order chi connectivity index (χ0) is 9.30. The first-order valence-corrected chi connectivity index (χ1v) is 4.68. The molecule has 0 radical (unpaired) electrons. The Morgan fingerprint density at radius 3 is 2.08 bits per heavy atom. The van der Waals surface area contributed by atoms with E-state index in [-0.39, 0.29) is 0 Å². The molecule has 0 N–H and O–H groups in total. The molecule has 0 saturated heterocycles. The van der Waals surface area contributed by atoms with Crippen molar-refractivity contribution in [3.05, 3.63) is 17.2 Å². The molecule has 0 saturated carbocycles. The molecule has 68 valence electrons. The number of nitrogens with zero attached hydrogens (tertiary/aromatic N) is 2. The van der Waals surface area contributed by atoms with Gasteiger partial charge in [0.05, 0.1) is 13.6 Å². The van der Waals surface area contributed by atoms with E-state index in [4.69, 9.17) is 0 Å². The quantitative estimate of drug-likeness (QED) is 0.590. The Bertz CT molecular complexity index is 257. The average molecular weight is 167 g/mol. The van der Waals surface area contributed by atoms with Crippen LogP contribution in [0.5, 0.6) is 0 Å². The summed E-state index contributed by atoms with van der Waals surface area (Å²) in [5, 5.41) is 0. The Kier molecular flexibility index (Phi) is 2.55. The van der Waals surface area contributed by atoms with Crippen molar-refractivity contribution in [1.82, 2.24) is 4.57 Å². The monoisotopic (exact) mass is 167 g/mol. The summed E-state index contributed by atoms with van der Waals surface area (Å²) in [5.74, 6) is 1.35. The fourth-order valence-corrected chi connectivity index (χ4v) is 1.98. The van der Waals surface area contributed by atoms with Crippen molar-refractivity contribution in [2.24, 2.45) is 7.05 Å². The Morgan fingerprint density at radius 1 is 1.25 bits per heavy atom. The van der Waals surface area contributed by atoms with Crippen LogP contribution in [0.25, 0.3) is 0 Å². The van der Waals surface area contributed by atoms with Crippen LogP contribution in [-0.4, -0.2) is 4.57 Å². The van der Waals surface area contributed by atoms with Crippen molar-refractivity contribution >= 4 is 0 Å². The van der Waals surface area contributed by atoms with Gasteiger partial charge in [0, 0.05) is 20.3 Å². The summed E-state index contributed by atoms with van der Waals surface area (Å²) in [6.07, 6.45) is 1.12. The number of aromatic nitrogens is 2. The van der Waals surface area contributed by atoms with Gasteiger partial charge in [-0.2, -0.15) is 0 Å². The van der Waals surface area contributed by atoms with Crippen molar-refractivity contribution in [2.75, 3.05) is 0 Å². The third-order valence-corrected chi connectivity index (χ3v) is 2.75. The summed E-state index contributed by atoms with van der Waals surface area (Å²) in [7, 11) is 2.15. The van der Waals surface area contributed by atoms with Gasteiger partial charge in [0.15, 0.2) is 0 Å². The molecule has 0 unspecified atom stereocenters. The molecule has 2 heteroatoms. The summed E-state index contributed by atoms with van der Waals surface area (Å²) >= 11 is 0. The highest BCUT2D eigenvalue weighted by molar-refractivity contribution is 5.08. The third kappa shape index (κ3) is 1.15. The Hall–Kier alpha value is -0.790. The fourth-order valence-electron chi connectivity index (χ4n) is 1.98. The van der Waals surface area contributed by atoms with Crippen molar-refractivity contribution in [1.29, 1.82) is 0 Å². The molecule has 0 amide bonds. The maximum Gasteiger partial charge on any atom is 0.253 e. The first-order chi connectivity index (χ1) is 5.63. The lowest BCUT2D eigenvalue weighted by Crippen LogP contribution is -2.37. The maximum absolute atomic E-state index is 2.36. The summed E-state index contributed by atoms with van der Waals surface area (Å²) in [4.78, 5) is 0. The zero-order valence-electron chi connectivity index (χ0n) is 8.81. The van der Waals surface area contributed by atoms with Crippen LogP contribution in [0.1, 0.15) is 31.1 Å². The van der Waals surface area contributed by atoms with Gasteiger partial charge < -0.3 is 0 Å². The minimum absolute atomic E-state index is 1.07. The molecular weight excluding hydrogens is 148 g/mol.